The highest BCUT2D eigenvalue weighted by Gasteiger charge is 2.02. The summed E-state index contributed by atoms with van der Waals surface area (Å²) in [6, 6.07) is 0. The van der Waals surface area contributed by atoms with Gasteiger partial charge >= 0.3 is 5.97 Å². The van der Waals surface area contributed by atoms with Gasteiger partial charge < -0.3 is 15.4 Å². The van der Waals surface area contributed by atoms with Gasteiger partial charge in [-0.25, -0.2) is 0 Å². The maximum atomic E-state index is 11.1. The average Bonchev–Trinajstić information content (AvgIpc) is 2.24. The maximum absolute atomic E-state index is 11.1. The number of unbranched alkanes of at least 4 members (excludes halogenated alkanes) is 2. The molecule has 0 atom stereocenters. The topological polar surface area (TPSA) is 84.5 Å². The minimum atomic E-state index is -0.463. The van der Waals surface area contributed by atoms with Crippen LogP contribution in [0.15, 0.2) is 0 Å². The fourth-order valence-electron chi connectivity index (χ4n) is 1.14. The Hall–Kier alpha value is -1.59. The van der Waals surface area contributed by atoms with Gasteiger partial charge in [-0.05, 0) is 19.3 Å². The molecule has 0 aromatic heterocycles. The normalized spacial score (nSPS) is 9.53. The Bertz CT molecular complexity index is 266. The third-order valence-electron chi connectivity index (χ3n) is 1.96. The first-order chi connectivity index (χ1) is 8.02. The van der Waals surface area contributed by atoms with E-state index in [1.807, 2.05) is 0 Å². The standard InChI is InChI=1S/C11H20N2O4/c1-9(14)12-6-4-3-5-7-13-11(16)8-17-10(2)15/h3-8H2,1-2H3,(H,12,14)(H,13,16). The van der Waals surface area contributed by atoms with Crippen molar-refractivity contribution in [1.29, 1.82) is 0 Å². The molecule has 98 valence electrons. The molecular formula is C11H20N2O4. The van der Waals surface area contributed by atoms with Crippen LogP contribution in [0.2, 0.25) is 0 Å². The van der Waals surface area contributed by atoms with E-state index in [-0.39, 0.29) is 18.4 Å². The van der Waals surface area contributed by atoms with Crippen LogP contribution in [-0.4, -0.2) is 37.5 Å². The quantitative estimate of drug-likeness (QED) is 0.464. The lowest BCUT2D eigenvalue weighted by Crippen LogP contribution is -2.29. The summed E-state index contributed by atoms with van der Waals surface area (Å²) in [5.41, 5.74) is 0. The minimum absolute atomic E-state index is 0.0281. The summed E-state index contributed by atoms with van der Waals surface area (Å²) in [6.45, 7) is 3.74. The number of esters is 1. The molecule has 0 fully saturated rings. The number of hydrogen-bond acceptors (Lipinski definition) is 4. The van der Waals surface area contributed by atoms with Crippen LogP contribution >= 0.6 is 0 Å². The Morgan fingerprint density at radius 1 is 0.941 bits per heavy atom. The van der Waals surface area contributed by atoms with Gasteiger partial charge in [0.2, 0.25) is 5.91 Å². The van der Waals surface area contributed by atoms with Crippen molar-refractivity contribution in [1.82, 2.24) is 10.6 Å². The van der Waals surface area contributed by atoms with Gasteiger partial charge in [0.1, 0.15) is 0 Å². The van der Waals surface area contributed by atoms with Gasteiger partial charge in [-0.15, -0.1) is 0 Å². The van der Waals surface area contributed by atoms with Gasteiger partial charge in [0.15, 0.2) is 6.61 Å². The Balaban J connectivity index is 3.24. The number of nitrogens with one attached hydrogen (secondary N) is 2. The highest BCUT2D eigenvalue weighted by atomic mass is 16.5. The Morgan fingerprint density at radius 3 is 2.06 bits per heavy atom. The van der Waals surface area contributed by atoms with E-state index >= 15 is 0 Å². The summed E-state index contributed by atoms with van der Waals surface area (Å²) in [6.07, 6.45) is 2.65. The molecule has 0 aromatic rings. The molecule has 2 N–H and O–H groups in total. The molecular weight excluding hydrogens is 224 g/mol. The van der Waals surface area contributed by atoms with Crippen molar-refractivity contribution in [2.24, 2.45) is 0 Å². The van der Waals surface area contributed by atoms with E-state index in [9.17, 15) is 14.4 Å². The van der Waals surface area contributed by atoms with Crippen LogP contribution in [0.25, 0.3) is 0 Å². The van der Waals surface area contributed by atoms with Gasteiger partial charge in [-0.3, -0.25) is 14.4 Å². The Kier molecular flexibility index (Phi) is 8.72. The van der Waals surface area contributed by atoms with Crippen molar-refractivity contribution in [3.05, 3.63) is 0 Å². The number of hydrogen-bond donors (Lipinski definition) is 2. The van der Waals surface area contributed by atoms with E-state index in [1.165, 1.54) is 13.8 Å². The van der Waals surface area contributed by atoms with Gasteiger partial charge in [0.25, 0.3) is 5.91 Å². The van der Waals surface area contributed by atoms with E-state index in [0.717, 1.165) is 19.3 Å². The van der Waals surface area contributed by atoms with E-state index in [2.05, 4.69) is 15.4 Å². The van der Waals surface area contributed by atoms with E-state index in [1.54, 1.807) is 0 Å². The second-order valence-electron chi connectivity index (χ2n) is 3.67. The summed E-state index contributed by atoms with van der Waals surface area (Å²) >= 11 is 0. The Labute approximate surface area is 101 Å². The van der Waals surface area contributed by atoms with Gasteiger partial charge in [-0.2, -0.15) is 0 Å². The third kappa shape index (κ3) is 12.3. The third-order valence-corrected chi connectivity index (χ3v) is 1.96. The lowest BCUT2D eigenvalue weighted by Gasteiger charge is -2.05. The molecule has 0 rings (SSSR count). The molecule has 0 aliphatic rings. The number of ether oxygens (including phenoxy) is 1. The molecule has 0 unspecified atom stereocenters. The van der Waals surface area contributed by atoms with Crippen LogP contribution in [-0.2, 0) is 19.1 Å². The molecule has 6 nitrogen and oxygen atoms in total. The monoisotopic (exact) mass is 244 g/mol. The van der Waals surface area contributed by atoms with Crippen molar-refractivity contribution in [2.45, 2.75) is 33.1 Å². The lowest BCUT2D eigenvalue weighted by atomic mass is 10.2. The zero-order valence-electron chi connectivity index (χ0n) is 10.4. The molecule has 0 saturated carbocycles. The maximum Gasteiger partial charge on any atom is 0.303 e. The molecule has 0 spiro atoms. The smallest absolute Gasteiger partial charge is 0.303 e. The second kappa shape index (κ2) is 9.62. The van der Waals surface area contributed by atoms with Crippen molar-refractivity contribution in [3.8, 4) is 0 Å². The molecule has 2 amide bonds. The van der Waals surface area contributed by atoms with Crippen molar-refractivity contribution >= 4 is 17.8 Å². The van der Waals surface area contributed by atoms with Crippen LogP contribution in [0.5, 0.6) is 0 Å². The first kappa shape index (κ1) is 15.4. The SMILES string of the molecule is CC(=O)NCCCCCNC(=O)COC(C)=O. The summed E-state index contributed by atoms with van der Waals surface area (Å²) in [4.78, 5) is 32.0. The number of rotatable bonds is 8. The van der Waals surface area contributed by atoms with Crippen LogP contribution in [0.4, 0.5) is 0 Å². The molecule has 17 heavy (non-hydrogen) atoms. The van der Waals surface area contributed by atoms with Crippen molar-refractivity contribution < 1.29 is 19.1 Å². The zero-order chi connectivity index (χ0) is 13.1. The minimum Gasteiger partial charge on any atom is -0.456 e. The first-order valence-corrected chi connectivity index (χ1v) is 5.67. The highest BCUT2D eigenvalue weighted by molar-refractivity contribution is 5.79. The Morgan fingerprint density at radius 2 is 1.53 bits per heavy atom. The number of amides is 2. The van der Waals surface area contributed by atoms with E-state index in [4.69, 9.17) is 0 Å². The number of carbonyl (C=O) groups excluding carboxylic acids is 3. The predicted molar refractivity (Wildman–Crippen MR) is 62.2 cm³/mol. The molecule has 0 aromatic carbocycles. The summed E-state index contributed by atoms with van der Waals surface area (Å²) < 4.78 is 4.53. The van der Waals surface area contributed by atoms with Gasteiger partial charge in [0, 0.05) is 26.9 Å². The molecule has 0 heterocycles. The molecule has 0 aliphatic heterocycles. The largest absolute Gasteiger partial charge is 0.456 e. The first-order valence-electron chi connectivity index (χ1n) is 5.67. The second-order valence-corrected chi connectivity index (χ2v) is 3.67. The lowest BCUT2D eigenvalue weighted by molar-refractivity contribution is -0.146. The molecule has 0 bridgehead atoms. The average molecular weight is 244 g/mol. The fraction of sp³-hybridized carbons (Fsp3) is 0.727. The predicted octanol–water partition coefficient (Wildman–Crippen LogP) is -0.0279. The molecule has 0 radical (unpaired) electrons. The number of carbonyl (C=O) groups is 3. The summed E-state index contributed by atoms with van der Waals surface area (Å²) in [5, 5.41) is 5.33. The zero-order valence-corrected chi connectivity index (χ0v) is 10.4. The highest BCUT2D eigenvalue weighted by Crippen LogP contribution is 1.92. The van der Waals surface area contributed by atoms with Crippen molar-refractivity contribution in [3.63, 3.8) is 0 Å². The van der Waals surface area contributed by atoms with Crippen LogP contribution in [0.3, 0.4) is 0 Å². The molecule has 0 saturated heterocycles. The van der Waals surface area contributed by atoms with Crippen LogP contribution < -0.4 is 10.6 Å². The van der Waals surface area contributed by atoms with E-state index < -0.39 is 5.97 Å². The fourth-order valence-corrected chi connectivity index (χ4v) is 1.14. The summed E-state index contributed by atoms with van der Waals surface area (Å²) in [7, 11) is 0. The summed E-state index contributed by atoms with van der Waals surface area (Å²) in [5.74, 6) is -0.780. The molecule has 0 aliphatic carbocycles. The van der Waals surface area contributed by atoms with Gasteiger partial charge in [0.05, 0.1) is 0 Å². The van der Waals surface area contributed by atoms with Gasteiger partial charge in [-0.1, -0.05) is 0 Å². The molecule has 6 heteroatoms. The van der Waals surface area contributed by atoms with Crippen molar-refractivity contribution in [2.75, 3.05) is 19.7 Å². The van der Waals surface area contributed by atoms with Crippen LogP contribution in [0, 0.1) is 0 Å². The van der Waals surface area contributed by atoms with E-state index in [0.29, 0.717) is 13.1 Å². The van der Waals surface area contributed by atoms with Crippen LogP contribution in [0.1, 0.15) is 33.1 Å².